The van der Waals surface area contributed by atoms with Gasteiger partial charge in [0.2, 0.25) is 5.91 Å². The van der Waals surface area contributed by atoms with Crippen molar-refractivity contribution in [2.75, 3.05) is 53.4 Å². The summed E-state index contributed by atoms with van der Waals surface area (Å²) in [4.78, 5) is 18.8. The molecule has 0 aliphatic carbocycles. The van der Waals surface area contributed by atoms with E-state index in [0.29, 0.717) is 13.1 Å². The Balaban J connectivity index is 1.47. The largest absolute Gasteiger partial charge is 0.494 e. The quantitative estimate of drug-likeness (QED) is 0.701. The fourth-order valence-corrected chi connectivity index (χ4v) is 3.87. The molecule has 5 nitrogen and oxygen atoms in total. The van der Waals surface area contributed by atoms with Crippen LogP contribution in [0.3, 0.4) is 0 Å². The second-order valence-electron chi connectivity index (χ2n) is 7.84. The van der Waals surface area contributed by atoms with E-state index < -0.39 is 0 Å². The Morgan fingerprint density at radius 3 is 2.69 bits per heavy atom. The maximum atomic E-state index is 12.3. The molecule has 0 bridgehead atoms. The molecule has 0 aromatic heterocycles. The lowest BCUT2D eigenvalue weighted by atomic mass is 9.99. The average molecular weight is 360 g/mol. The number of carbonyl (C=O) groups excluding carboxylic acids is 1. The molecule has 1 aromatic rings. The predicted octanol–water partition coefficient (Wildman–Crippen LogP) is 2.39. The third-order valence-electron chi connectivity index (χ3n) is 5.33. The Kier molecular flexibility index (Phi) is 6.92. The standard InChI is InChI=1S/C21H33N3O2/c1-22(2)17-21(25)24-13-9-18-7-8-20(15-19(18)16-24)26-14-6-12-23-10-4-3-5-11-23/h7-8,15H,3-6,9-14,16-17H2,1-2H3. The van der Waals surface area contributed by atoms with E-state index in [1.807, 2.05) is 23.9 Å². The summed E-state index contributed by atoms with van der Waals surface area (Å²) in [6.07, 6.45) is 6.08. The number of benzene rings is 1. The van der Waals surface area contributed by atoms with Gasteiger partial charge in [0.15, 0.2) is 0 Å². The van der Waals surface area contributed by atoms with Crippen LogP contribution in [0.1, 0.15) is 36.8 Å². The van der Waals surface area contributed by atoms with Gasteiger partial charge in [0.25, 0.3) is 0 Å². The van der Waals surface area contributed by atoms with E-state index in [-0.39, 0.29) is 5.91 Å². The highest BCUT2D eigenvalue weighted by Gasteiger charge is 2.21. The van der Waals surface area contributed by atoms with E-state index in [1.54, 1.807) is 0 Å². The van der Waals surface area contributed by atoms with Crippen LogP contribution in [0.2, 0.25) is 0 Å². The molecule has 2 aliphatic rings. The summed E-state index contributed by atoms with van der Waals surface area (Å²) < 4.78 is 5.99. The van der Waals surface area contributed by atoms with Gasteiger partial charge in [-0.05, 0) is 76.1 Å². The van der Waals surface area contributed by atoms with Crippen molar-refractivity contribution in [1.82, 2.24) is 14.7 Å². The van der Waals surface area contributed by atoms with Gasteiger partial charge in [0.1, 0.15) is 5.75 Å². The molecule has 5 heteroatoms. The van der Waals surface area contributed by atoms with Gasteiger partial charge in [-0.1, -0.05) is 12.5 Å². The first kappa shape index (κ1) is 19.2. The lowest BCUT2D eigenvalue weighted by Gasteiger charge is -2.30. The molecular formula is C21H33N3O2. The monoisotopic (exact) mass is 359 g/mol. The van der Waals surface area contributed by atoms with E-state index in [9.17, 15) is 4.79 Å². The van der Waals surface area contributed by atoms with Crippen LogP contribution in [0, 0.1) is 0 Å². The molecule has 0 radical (unpaired) electrons. The second kappa shape index (κ2) is 9.38. The fourth-order valence-electron chi connectivity index (χ4n) is 3.87. The van der Waals surface area contributed by atoms with Crippen molar-refractivity contribution in [3.05, 3.63) is 29.3 Å². The van der Waals surface area contributed by atoms with Gasteiger partial charge < -0.3 is 19.4 Å². The van der Waals surface area contributed by atoms with Gasteiger partial charge in [0, 0.05) is 19.6 Å². The number of hydrogen-bond donors (Lipinski definition) is 0. The first-order valence-electron chi connectivity index (χ1n) is 10.0. The van der Waals surface area contributed by atoms with Crippen molar-refractivity contribution in [3.63, 3.8) is 0 Å². The molecular weight excluding hydrogens is 326 g/mol. The average Bonchev–Trinajstić information content (AvgIpc) is 2.65. The number of hydrogen-bond acceptors (Lipinski definition) is 4. The maximum Gasteiger partial charge on any atom is 0.237 e. The molecule has 1 fully saturated rings. The van der Waals surface area contributed by atoms with E-state index in [1.165, 1.54) is 43.5 Å². The van der Waals surface area contributed by atoms with Crippen LogP contribution in [0.4, 0.5) is 0 Å². The van der Waals surface area contributed by atoms with Crippen molar-refractivity contribution < 1.29 is 9.53 Å². The van der Waals surface area contributed by atoms with Gasteiger partial charge in [-0.2, -0.15) is 0 Å². The van der Waals surface area contributed by atoms with Crippen molar-refractivity contribution in [2.45, 2.75) is 38.6 Å². The zero-order valence-electron chi connectivity index (χ0n) is 16.4. The minimum atomic E-state index is 0.202. The summed E-state index contributed by atoms with van der Waals surface area (Å²) in [5, 5.41) is 0. The van der Waals surface area contributed by atoms with E-state index in [2.05, 4.69) is 23.1 Å². The number of likely N-dealkylation sites (N-methyl/N-ethyl adjacent to an activating group) is 1. The highest BCUT2D eigenvalue weighted by Crippen LogP contribution is 2.24. The number of carbonyl (C=O) groups is 1. The van der Waals surface area contributed by atoms with Crippen LogP contribution in [-0.4, -0.2) is 74.0 Å². The van der Waals surface area contributed by atoms with Crippen molar-refractivity contribution in [1.29, 1.82) is 0 Å². The second-order valence-corrected chi connectivity index (χ2v) is 7.84. The first-order chi connectivity index (χ1) is 12.6. The highest BCUT2D eigenvalue weighted by molar-refractivity contribution is 5.78. The SMILES string of the molecule is CN(C)CC(=O)N1CCc2ccc(OCCCN3CCCCC3)cc2C1. The molecule has 26 heavy (non-hydrogen) atoms. The lowest BCUT2D eigenvalue weighted by molar-refractivity contribution is -0.132. The maximum absolute atomic E-state index is 12.3. The number of amides is 1. The minimum Gasteiger partial charge on any atom is -0.494 e. The topological polar surface area (TPSA) is 36.0 Å². The van der Waals surface area contributed by atoms with E-state index >= 15 is 0 Å². The third kappa shape index (κ3) is 5.45. The summed E-state index contributed by atoms with van der Waals surface area (Å²) in [6, 6.07) is 6.38. The van der Waals surface area contributed by atoms with Crippen molar-refractivity contribution in [2.24, 2.45) is 0 Å². The Morgan fingerprint density at radius 2 is 1.92 bits per heavy atom. The summed E-state index contributed by atoms with van der Waals surface area (Å²) in [6.45, 7) is 6.38. The van der Waals surface area contributed by atoms with Crippen LogP contribution < -0.4 is 4.74 Å². The number of fused-ring (bicyclic) bond motifs is 1. The molecule has 1 saturated heterocycles. The molecule has 0 N–H and O–H groups in total. The first-order valence-corrected chi connectivity index (χ1v) is 10.0. The van der Waals surface area contributed by atoms with Crippen LogP contribution in [0.25, 0.3) is 0 Å². The summed E-state index contributed by atoms with van der Waals surface area (Å²) >= 11 is 0. The summed E-state index contributed by atoms with van der Waals surface area (Å²) in [7, 11) is 3.87. The van der Waals surface area contributed by atoms with E-state index in [4.69, 9.17) is 4.74 Å². The zero-order chi connectivity index (χ0) is 18.4. The molecule has 0 unspecified atom stereocenters. The third-order valence-corrected chi connectivity index (χ3v) is 5.33. The summed E-state index contributed by atoms with van der Waals surface area (Å²) in [5.41, 5.74) is 2.58. The lowest BCUT2D eigenvalue weighted by Crippen LogP contribution is -2.40. The van der Waals surface area contributed by atoms with Crippen LogP contribution in [0.15, 0.2) is 18.2 Å². The molecule has 2 aliphatic heterocycles. The smallest absolute Gasteiger partial charge is 0.237 e. The highest BCUT2D eigenvalue weighted by atomic mass is 16.5. The molecule has 0 atom stereocenters. The minimum absolute atomic E-state index is 0.202. The van der Waals surface area contributed by atoms with Crippen LogP contribution >= 0.6 is 0 Å². The van der Waals surface area contributed by atoms with Crippen LogP contribution in [0.5, 0.6) is 5.75 Å². The normalized spacial score (nSPS) is 18.0. The number of rotatable bonds is 7. The van der Waals surface area contributed by atoms with Crippen molar-refractivity contribution >= 4 is 5.91 Å². The van der Waals surface area contributed by atoms with Gasteiger partial charge in [-0.25, -0.2) is 0 Å². The van der Waals surface area contributed by atoms with Crippen LogP contribution in [-0.2, 0) is 17.8 Å². The van der Waals surface area contributed by atoms with Gasteiger partial charge >= 0.3 is 0 Å². The molecule has 144 valence electrons. The number of ether oxygens (including phenoxy) is 1. The number of nitrogens with zero attached hydrogens (tertiary/aromatic N) is 3. The van der Waals surface area contributed by atoms with Gasteiger partial charge in [-0.15, -0.1) is 0 Å². The van der Waals surface area contributed by atoms with Gasteiger partial charge in [0.05, 0.1) is 13.2 Å². The zero-order valence-corrected chi connectivity index (χ0v) is 16.4. The Morgan fingerprint density at radius 1 is 1.12 bits per heavy atom. The number of piperidine rings is 1. The molecule has 0 saturated carbocycles. The molecule has 2 heterocycles. The Labute approximate surface area is 157 Å². The summed E-state index contributed by atoms with van der Waals surface area (Å²) in [5.74, 6) is 1.14. The predicted molar refractivity (Wildman–Crippen MR) is 105 cm³/mol. The molecule has 1 aromatic carbocycles. The Hall–Kier alpha value is -1.59. The van der Waals surface area contributed by atoms with E-state index in [0.717, 1.165) is 38.3 Å². The molecule has 1 amide bonds. The Bertz CT molecular complexity index is 597. The fraction of sp³-hybridized carbons (Fsp3) is 0.667. The van der Waals surface area contributed by atoms with Gasteiger partial charge in [-0.3, -0.25) is 4.79 Å². The van der Waals surface area contributed by atoms with Crippen molar-refractivity contribution in [3.8, 4) is 5.75 Å². The molecule has 3 rings (SSSR count). The number of likely N-dealkylation sites (tertiary alicyclic amines) is 1. The molecule has 0 spiro atoms.